The van der Waals surface area contributed by atoms with Crippen LogP contribution < -0.4 is 0 Å². The van der Waals surface area contributed by atoms with E-state index >= 15 is 0 Å². The molecular weight excluding hydrogens is 635 g/mol. The van der Waals surface area contributed by atoms with Crippen molar-refractivity contribution in [1.29, 1.82) is 0 Å². The Kier molecular flexibility index (Phi) is 6.22. The third-order valence-electron chi connectivity index (χ3n) is 10.4. The average Bonchev–Trinajstić information content (AvgIpc) is 3.77. The first kappa shape index (κ1) is 28.8. The summed E-state index contributed by atoms with van der Waals surface area (Å²) in [6.45, 7) is 0. The molecular formula is C48H29N3O. The molecule has 0 amide bonds. The van der Waals surface area contributed by atoms with E-state index in [0.717, 1.165) is 66.2 Å². The molecule has 0 saturated heterocycles. The van der Waals surface area contributed by atoms with Crippen molar-refractivity contribution in [3.63, 3.8) is 0 Å². The van der Waals surface area contributed by atoms with Crippen LogP contribution in [-0.4, -0.2) is 14.5 Å². The fourth-order valence-corrected chi connectivity index (χ4v) is 7.96. The molecule has 0 radical (unpaired) electrons. The number of aromatic nitrogens is 3. The maximum atomic E-state index is 6.83. The van der Waals surface area contributed by atoms with Crippen molar-refractivity contribution in [2.75, 3.05) is 0 Å². The maximum Gasteiger partial charge on any atom is 0.197 e. The third-order valence-corrected chi connectivity index (χ3v) is 10.4. The van der Waals surface area contributed by atoms with Gasteiger partial charge in [0.25, 0.3) is 0 Å². The minimum absolute atomic E-state index is 0.654. The Labute approximate surface area is 298 Å². The second kappa shape index (κ2) is 11.2. The molecule has 242 valence electrons. The Balaban J connectivity index is 1.27. The summed E-state index contributed by atoms with van der Waals surface area (Å²) in [7, 11) is 0. The second-order valence-electron chi connectivity index (χ2n) is 13.4. The van der Waals surface area contributed by atoms with Gasteiger partial charge in [-0.2, -0.15) is 0 Å². The molecule has 8 aromatic carbocycles. The fraction of sp³-hybridized carbons (Fsp3) is 0. The Morgan fingerprint density at radius 2 is 1.02 bits per heavy atom. The van der Waals surface area contributed by atoms with Crippen molar-refractivity contribution in [2.45, 2.75) is 0 Å². The quantitative estimate of drug-likeness (QED) is 0.188. The monoisotopic (exact) mass is 663 g/mol. The predicted octanol–water partition coefficient (Wildman–Crippen LogP) is 12.8. The molecule has 0 aliphatic heterocycles. The summed E-state index contributed by atoms with van der Waals surface area (Å²) in [6.07, 6.45) is 0. The Morgan fingerprint density at radius 3 is 1.79 bits per heavy atom. The van der Waals surface area contributed by atoms with Gasteiger partial charge in [0.2, 0.25) is 0 Å². The molecule has 11 aromatic rings. The number of fused-ring (bicyclic) bond motifs is 10. The fourth-order valence-electron chi connectivity index (χ4n) is 7.96. The smallest absolute Gasteiger partial charge is 0.197 e. The van der Waals surface area contributed by atoms with Crippen LogP contribution in [0.25, 0.3) is 105 Å². The van der Waals surface area contributed by atoms with Gasteiger partial charge in [-0.15, -0.1) is 0 Å². The molecule has 0 aliphatic carbocycles. The number of hydrogen-bond acceptors (Lipinski definition) is 3. The number of rotatable bonds is 4. The Morgan fingerprint density at radius 1 is 0.404 bits per heavy atom. The van der Waals surface area contributed by atoms with Gasteiger partial charge in [-0.3, -0.25) is 4.57 Å². The van der Waals surface area contributed by atoms with Gasteiger partial charge in [0, 0.05) is 16.3 Å². The van der Waals surface area contributed by atoms with Crippen LogP contribution in [0.3, 0.4) is 0 Å². The Bertz CT molecular complexity index is 3180. The predicted molar refractivity (Wildman–Crippen MR) is 215 cm³/mol. The zero-order valence-corrected chi connectivity index (χ0v) is 28.0. The average molecular weight is 664 g/mol. The number of furan rings is 1. The van der Waals surface area contributed by atoms with Gasteiger partial charge in [-0.25, -0.2) is 9.97 Å². The van der Waals surface area contributed by atoms with Gasteiger partial charge in [0.05, 0.1) is 16.4 Å². The lowest BCUT2D eigenvalue weighted by molar-refractivity contribution is 0.662. The molecule has 4 heteroatoms. The summed E-state index contributed by atoms with van der Waals surface area (Å²) < 4.78 is 9.12. The summed E-state index contributed by atoms with van der Waals surface area (Å²) in [6, 6.07) is 62.1. The standard InChI is InChI=1S/C48H29N3O/c1-3-12-30(13-4-1)34-18-11-19-35(28-34)36-22-25-39-41(29-36)51(40-26-23-31-14-7-9-20-37(31)43(39)40)48-46-45(49-47(50-48)33-16-5-2-6-17-33)44-38-21-10-8-15-32(38)24-27-42(44)52-46/h1-29H. The number of nitrogens with zero attached hydrogens (tertiary/aromatic N) is 3. The van der Waals surface area contributed by atoms with Gasteiger partial charge < -0.3 is 4.42 Å². The normalized spacial score (nSPS) is 11.8. The molecule has 11 rings (SSSR count). The van der Waals surface area contributed by atoms with Crippen LogP contribution >= 0.6 is 0 Å². The summed E-state index contributed by atoms with van der Waals surface area (Å²) in [5.74, 6) is 1.37. The van der Waals surface area contributed by atoms with Crippen LogP contribution in [0.15, 0.2) is 180 Å². The first-order valence-electron chi connectivity index (χ1n) is 17.6. The van der Waals surface area contributed by atoms with E-state index < -0.39 is 0 Å². The van der Waals surface area contributed by atoms with Gasteiger partial charge in [0.15, 0.2) is 17.2 Å². The highest BCUT2D eigenvalue weighted by Gasteiger charge is 2.24. The lowest BCUT2D eigenvalue weighted by Gasteiger charge is -2.11. The van der Waals surface area contributed by atoms with Crippen LogP contribution in [0.4, 0.5) is 0 Å². The molecule has 0 bridgehead atoms. The van der Waals surface area contributed by atoms with E-state index in [-0.39, 0.29) is 0 Å². The highest BCUT2D eigenvalue weighted by Crippen LogP contribution is 2.42. The van der Waals surface area contributed by atoms with Crippen molar-refractivity contribution in [2.24, 2.45) is 0 Å². The molecule has 3 aromatic heterocycles. The second-order valence-corrected chi connectivity index (χ2v) is 13.4. The van der Waals surface area contributed by atoms with Crippen molar-refractivity contribution in [3.8, 4) is 39.5 Å². The molecule has 0 fully saturated rings. The van der Waals surface area contributed by atoms with Crippen LogP contribution in [-0.2, 0) is 0 Å². The van der Waals surface area contributed by atoms with Crippen molar-refractivity contribution in [1.82, 2.24) is 14.5 Å². The van der Waals surface area contributed by atoms with Gasteiger partial charge in [-0.05, 0) is 68.1 Å². The largest absolute Gasteiger partial charge is 0.450 e. The summed E-state index contributed by atoms with van der Waals surface area (Å²) in [5.41, 5.74) is 9.98. The van der Waals surface area contributed by atoms with Crippen LogP contribution in [0, 0.1) is 0 Å². The first-order valence-corrected chi connectivity index (χ1v) is 17.6. The molecule has 0 aliphatic rings. The summed E-state index contributed by atoms with van der Waals surface area (Å²) in [5, 5.41) is 7.99. The SMILES string of the molecule is c1ccc(-c2cccc(-c3ccc4c5c6ccccc6ccc5n(-c5nc(-c6ccccc6)nc6c5oc5ccc7ccccc7c56)c4c3)c2)cc1. The zero-order valence-electron chi connectivity index (χ0n) is 28.0. The molecule has 0 N–H and O–H groups in total. The highest BCUT2D eigenvalue weighted by atomic mass is 16.3. The highest BCUT2D eigenvalue weighted by molar-refractivity contribution is 6.23. The molecule has 0 saturated carbocycles. The van der Waals surface area contributed by atoms with Crippen molar-refractivity contribution >= 4 is 65.4 Å². The minimum Gasteiger partial charge on any atom is -0.450 e. The number of benzene rings is 8. The number of hydrogen-bond donors (Lipinski definition) is 0. The van der Waals surface area contributed by atoms with Crippen molar-refractivity contribution < 1.29 is 4.42 Å². The van der Waals surface area contributed by atoms with Crippen LogP contribution in [0.5, 0.6) is 0 Å². The zero-order chi connectivity index (χ0) is 34.2. The van der Waals surface area contributed by atoms with E-state index in [0.29, 0.717) is 11.4 Å². The first-order chi connectivity index (χ1) is 25.8. The van der Waals surface area contributed by atoms with E-state index in [1.54, 1.807) is 0 Å². The van der Waals surface area contributed by atoms with Crippen LogP contribution in [0.1, 0.15) is 0 Å². The molecule has 3 heterocycles. The van der Waals surface area contributed by atoms with Gasteiger partial charge in [-0.1, -0.05) is 152 Å². The van der Waals surface area contributed by atoms with Crippen molar-refractivity contribution in [3.05, 3.63) is 176 Å². The Hall–Kier alpha value is -7.04. The third kappa shape index (κ3) is 4.34. The van der Waals surface area contributed by atoms with E-state index in [9.17, 15) is 0 Å². The molecule has 0 atom stereocenters. The molecule has 0 unspecified atom stereocenters. The lowest BCUT2D eigenvalue weighted by atomic mass is 9.98. The van der Waals surface area contributed by atoms with E-state index in [2.05, 4.69) is 162 Å². The lowest BCUT2D eigenvalue weighted by Crippen LogP contribution is -2.02. The van der Waals surface area contributed by atoms with Gasteiger partial charge in [0.1, 0.15) is 11.1 Å². The summed E-state index contributed by atoms with van der Waals surface area (Å²) >= 11 is 0. The maximum absolute atomic E-state index is 6.83. The minimum atomic E-state index is 0.654. The molecule has 52 heavy (non-hydrogen) atoms. The molecule has 4 nitrogen and oxygen atoms in total. The summed E-state index contributed by atoms with van der Waals surface area (Å²) in [4.78, 5) is 10.6. The van der Waals surface area contributed by atoms with Gasteiger partial charge >= 0.3 is 0 Å². The van der Waals surface area contributed by atoms with E-state index in [1.807, 2.05) is 18.2 Å². The topological polar surface area (TPSA) is 43.9 Å². The van der Waals surface area contributed by atoms with E-state index in [4.69, 9.17) is 14.4 Å². The van der Waals surface area contributed by atoms with Crippen LogP contribution in [0.2, 0.25) is 0 Å². The van der Waals surface area contributed by atoms with E-state index in [1.165, 1.54) is 27.3 Å². The molecule has 0 spiro atoms.